The van der Waals surface area contributed by atoms with Crippen LogP contribution in [-0.4, -0.2) is 72.3 Å². The van der Waals surface area contributed by atoms with Gasteiger partial charge >= 0.3 is 0 Å². The van der Waals surface area contributed by atoms with Gasteiger partial charge in [0.05, 0.1) is 7.11 Å². The molecule has 1 aromatic carbocycles. The summed E-state index contributed by atoms with van der Waals surface area (Å²) >= 11 is 0. The summed E-state index contributed by atoms with van der Waals surface area (Å²) in [5.41, 5.74) is 2.10. The van der Waals surface area contributed by atoms with Crippen molar-refractivity contribution in [3.63, 3.8) is 0 Å². The van der Waals surface area contributed by atoms with Gasteiger partial charge in [-0.05, 0) is 30.7 Å². The van der Waals surface area contributed by atoms with Crippen LogP contribution in [0, 0.1) is 0 Å². The number of ether oxygens (including phenoxy) is 1. The Morgan fingerprint density at radius 3 is 2.71 bits per heavy atom. The molecule has 0 radical (unpaired) electrons. The molecule has 1 saturated heterocycles. The lowest BCUT2D eigenvalue weighted by molar-refractivity contribution is 0.371. The van der Waals surface area contributed by atoms with E-state index < -0.39 is 0 Å². The lowest BCUT2D eigenvalue weighted by atomic mass is 10.2. The number of pyridine rings is 1. The average Bonchev–Trinajstić information content (AvgIpc) is 3.22. The number of halogens is 1. The average molecular weight is 535 g/mol. The second kappa shape index (κ2) is 11.2. The maximum absolute atomic E-state index is 5.35. The first-order valence-corrected chi connectivity index (χ1v) is 10.4. The summed E-state index contributed by atoms with van der Waals surface area (Å²) < 4.78 is 7.40. The molecule has 2 aromatic heterocycles. The molecule has 0 saturated carbocycles. The molecule has 3 aromatic rings. The summed E-state index contributed by atoms with van der Waals surface area (Å²) in [7, 11) is 3.56. The summed E-state index contributed by atoms with van der Waals surface area (Å²) in [4.78, 5) is 9.20. The standard InChI is InChI=1S/C22H29N7O.HI/c1-23-22(24-11-6-10-21-26-25-20-9-3-4-12-29(20)21)28-15-13-27(14-16-28)18-7-5-8-19(17-18)30-2;/h3-5,7-9,12,17H,6,10-11,13-16H2,1-2H3,(H,23,24);1H. The fourth-order valence-corrected chi connectivity index (χ4v) is 3.82. The number of hydrogen-bond donors (Lipinski definition) is 1. The Morgan fingerprint density at radius 2 is 1.94 bits per heavy atom. The number of hydrogen-bond acceptors (Lipinski definition) is 5. The molecule has 3 heterocycles. The van der Waals surface area contributed by atoms with E-state index in [1.807, 2.05) is 48.0 Å². The van der Waals surface area contributed by atoms with Gasteiger partial charge in [-0.2, -0.15) is 0 Å². The molecule has 9 heteroatoms. The molecular formula is C22H30IN7O. The lowest BCUT2D eigenvalue weighted by Crippen LogP contribution is -2.52. The number of fused-ring (bicyclic) bond motifs is 1. The van der Waals surface area contributed by atoms with Gasteiger partial charge in [-0.3, -0.25) is 9.39 Å². The molecule has 0 unspecified atom stereocenters. The SMILES string of the molecule is CN=C(NCCCc1nnc2ccccn12)N1CCN(c2cccc(OC)c2)CC1.I. The highest BCUT2D eigenvalue weighted by Crippen LogP contribution is 2.22. The van der Waals surface area contributed by atoms with Crippen LogP contribution >= 0.6 is 24.0 Å². The van der Waals surface area contributed by atoms with Crippen LogP contribution in [0.2, 0.25) is 0 Å². The van der Waals surface area contributed by atoms with Gasteiger partial charge in [-0.15, -0.1) is 34.2 Å². The first-order valence-electron chi connectivity index (χ1n) is 10.4. The van der Waals surface area contributed by atoms with Gasteiger partial charge in [0.25, 0.3) is 0 Å². The van der Waals surface area contributed by atoms with Crippen LogP contribution in [-0.2, 0) is 6.42 Å². The Kier molecular flexibility index (Phi) is 8.33. The molecule has 1 N–H and O–H groups in total. The maximum atomic E-state index is 5.35. The van der Waals surface area contributed by atoms with Crippen molar-refractivity contribution in [3.05, 3.63) is 54.5 Å². The van der Waals surface area contributed by atoms with E-state index in [1.54, 1.807) is 7.11 Å². The topological polar surface area (TPSA) is 70.3 Å². The van der Waals surface area contributed by atoms with Crippen LogP contribution in [0.4, 0.5) is 5.69 Å². The summed E-state index contributed by atoms with van der Waals surface area (Å²) in [6, 6.07) is 14.2. The second-order valence-corrected chi connectivity index (χ2v) is 7.30. The molecule has 1 fully saturated rings. The molecule has 0 aliphatic carbocycles. The van der Waals surface area contributed by atoms with Crippen molar-refractivity contribution in [2.75, 3.05) is 51.8 Å². The van der Waals surface area contributed by atoms with Gasteiger partial charge in [0.2, 0.25) is 0 Å². The normalized spacial score (nSPS) is 14.5. The van der Waals surface area contributed by atoms with Gasteiger partial charge < -0.3 is 19.9 Å². The molecule has 166 valence electrons. The molecule has 0 bridgehead atoms. The summed E-state index contributed by atoms with van der Waals surface area (Å²) in [6.07, 6.45) is 3.86. The molecule has 0 spiro atoms. The summed E-state index contributed by atoms with van der Waals surface area (Å²) in [6.45, 7) is 4.64. The number of rotatable bonds is 6. The molecule has 1 aliphatic rings. The van der Waals surface area contributed by atoms with Gasteiger partial charge in [-0.25, -0.2) is 0 Å². The third-order valence-corrected chi connectivity index (χ3v) is 5.45. The first-order chi connectivity index (χ1) is 14.8. The highest BCUT2D eigenvalue weighted by atomic mass is 127. The minimum Gasteiger partial charge on any atom is -0.497 e. The Bertz CT molecular complexity index is 998. The Balaban J connectivity index is 0.00000272. The predicted octanol–water partition coefficient (Wildman–Crippen LogP) is 2.69. The fraction of sp³-hybridized carbons (Fsp3) is 0.409. The van der Waals surface area contributed by atoms with Crippen molar-refractivity contribution in [1.29, 1.82) is 0 Å². The number of aryl methyl sites for hydroxylation is 1. The van der Waals surface area contributed by atoms with Crippen LogP contribution in [0.25, 0.3) is 5.65 Å². The van der Waals surface area contributed by atoms with E-state index in [1.165, 1.54) is 5.69 Å². The van der Waals surface area contributed by atoms with E-state index in [4.69, 9.17) is 4.74 Å². The number of aliphatic imine (C=N–C) groups is 1. The Labute approximate surface area is 200 Å². The third-order valence-electron chi connectivity index (χ3n) is 5.45. The summed E-state index contributed by atoms with van der Waals surface area (Å²) in [5.74, 6) is 2.86. The van der Waals surface area contributed by atoms with Crippen molar-refractivity contribution in [2.45, 2.75) is 12.8 Å². The van der Waals surface area contributed by atoms with Crippen LogP contribution in [0.1, 0.15) is 12.2 Å². The molecule has 0 amide bonds. The number of benzene rings is 1. The van der Waals surface area contributed by atoms with Gasteiger partial charge in [0.15, 0.2) is 11.6 Å². The van der Waals surface area contributed by atoms with Crippen molar-refractivity contribution in [1.82, 2.24) is 24.8 Å². The van der Waals surface area contributed by atoms with Crippen LogP contribution < -0.4 is 15.0 Å². The number of nitrogens with zero attached hydrogens (tertiary/aromatic N) is 6. The molecule has 8 nitrogen and oxygen atoms in total. The number of guanidine groups is 1. The maximum Gasteiger partial charge on any atom is 0.193 e. The lowest BCUT2D eigenvalue weighted by Gasteiger charge is -2.37. The van der Waals surface area contributed by atoms with E-state index >= 15 is 0 Å². The number of piperazine rings is 1. The van der Waals surface area contributed by atoms with Crippen molar-refractivity contribution in [2.24, 2.45) is 4.99 Å². The smallest absolute Gasteiger partial charge is 0.193 e. The second-order valence-electron chi connectivity index (χ2n) is 7.30. The fourth-order valence-electron chi connectivity index (χ4n) is 3.82. The van der Waals surface area contributed by atoms with Crippen LogP contribution in [0.5, 0.6) is 5.75 Å². The largest absolute Gasteiger partial charge is 0.497 e. The minimum atomic E-state index is 0. The zero-order chi connectivity index (χ0) is 20.8. The number of anilines is 1. The van der Waals surface area contributed by atoms with Gasteiger partial charge in [0.1, 0.15) is 11.6 Å². The van der Waals surface area contributed by atoms with E-state index in [0.717, 1.165) is 68.7 Å². The van der Waals surface area contributed by atoms with E-state index in [-0.39, 0.29) is 24.0 Å². The third kappa shape index (κ3) is 5.57. The van der Waals surface area contributed by atoms with Crippen LogP contribution in [0.3, 0.4) is 0 Å². The molecule has 4 rings (SSSR count). The minimum absolute atomic E-state index is 0. The molecular weight excluding hydrogens is 505 g/mol. The monoisotopic (exact) mass is 535 g/mol. The van der Waals surface area contributed by atoms with Crippen molar-refractivity contribution < 1.29 is 4.74 Å². The quantitative estimate of drug-likeness (QED) is 0.227. The van der Waals surface area contributed by atoms with E-state index in [9.17, 15) is 0 Å². The van der Waals surface area contributed by atoms with Crippen LogP contribution in [0.15, 0.2) is 53.7 Å². The number of nitrogens with one attached hydrogen (secondary N) is 1. The predicted molar refractivity (Wildman–Crippen MR) is 135 cm³/mol. The van der Waals surface area contributed by atoms with Gasteiger partial charge in [-0.1, -0.05) is 12.1 Å². The van der Waals surface area contributed by atoms with E-state index in [2.05, 4.69) is 42.4 Å². The zero-order valence-corrected chi connectivity index (χ0v) is 20.4. The van der Waals surface area contributed by atoms with E-state index in [0.29, 0.717) is 0 Å². The highest BCUT2D eigenvalue weighted by Gasteiger charge is 2.20. The highest BCUT2D eigenvalue weighted by molar-refractivity contribution is 14.0. The van der Waals surface area contributed by atoms with Crippen molar-refractivity contribution >= 4 is 41.3 Å². The Hall–Kier alpha value is -2.56. The zero-order valence-electron chi connectivity index (χ0n) is 18.1. The molecule has 0 atom stereocenters. The molecule has 1 aliphatic heterocycles. The van der Waals surface area contributed by atoms with Gasteiger partial charge in [0, 0.05) is 64.1 Å². The number of methoxy groups -OCH3 is 1. The number of aromatic nitrogens is 3. The molecule has 31 heavy (non-hydrogen) atoms. The first kappa shape index (κ1) is 23.1. The summed E-state index contributed by atoms with van der Waals surface area (Å²) in [5, 5.41) is 12.0. The Morgan fingerprint density at radius 1 is 1.10 bits per heavy atom. The van der Waals surface area contributed by atoms with Crippen molar-refractivity contribution in [3.8, 4) is 5.75 Å².